The number of benzene rings is 1. The zero-order valence-electron chi connectivity index (χ0n) is 16.2. The summed E-state index contributed by atoms with van der Waals surface area (Å²) in [4.78, 5) is 26.6. The lowest BCUT2D eigenvalue weighted by atomic mass is 9.72. The minimum atomic E-state index is -1.32. The molecule has 1 aliphatic rings. The van der Waals surface area contributed by atoms with Crippen LogP contribution in [0.1, 0.15) is 43.5 Å². The van der Waals surface area contributed by atoms with Crippen LogP contribution >= 0.6 is 0 Å². The van der Waals surface area contributed by atoms with Crippen molar-refractivity contribution >= 4 is 11.9 Å². The molecule has 8 heteroatoms. The topological polar surface area (TPSA) is 109 Å². The van der Waals surface area contributed by atoms with Gasteiger partial charge in [0.05, 0.1) is 6.10 Å². The molecule has 0 bridgehead atoms. The van der Waals surface area contributed by atoms with Crippen molar-refractivity contribution in [1.29, 1.82) is 0 Å². The molecule has 0 unspecified atom stereocenters. The van der Waals surface area contributed by atoms with E-state index < -0.39 is 17.5 Å². The molecule has 1 aromatic heterocycles. The zero-order chi connectivity index (χ0) is 20.3. The van der Waals surface area contributed by atoms with Crippen LogP contribution in [0.15, 0.2) is 36.9 Å². The molecule has 150 valence electrons. The Kier molecular flexibility index (Phi) is 5.79. The average Bonchev–Trinajstić information content (AvgIpc) is 3.21. The van der Waals surface area contributed by atoms with Crippen LogP contribution in [0.3, 0.4) is 0 Å². The SMILES string of the molecule is CC(C)CC[C@@]1(C(=O)O)CN(C(=O)c2ccc(-n3cnnc3)cc2)CC[C@@H]1O. The summed E-state index contributed by atoms with van der Waals surface area (Å²) < 4.78 is 1.73. The molecule has 2 aromatic rings. The maximum Gasteiger partial charge on any atom is 0.314 e. The summed E-state index contributed by atoms with van der Waals surface area (Å²) in [6.07, 6.45) is 3.46. The van der Waals surface area contributed by atoms with E-state index in [0.29, 0.717) is 30.9 Å². The average molecular weight is 386 g/mol. The summed E-state index contributed by atoms with van der Waals surface area (Å²) in [5, 5.41) is 27.9. The molecule has 0 spiro atoms. The molecule has 1 aliphatic heterocycles. The van der Waals surface area contributed by atoms with Crippen molar-refractivity contribution in [3.63, 3.8) is 0 Å². The lowest BCUT2D eigenvalue weighted by molar-refractivity contribution is -0.163. The van der Waals surface area contributed by atoms with Crippen molar-refractivity contribution in [2.24, 2.45) is 11.3 Å². The number of carbonyl (C=O) groups excluding carboxylic acids is 1. The highest BCUT2D eigenvalue weighted by Gasteiger charge is 2.49. The fraction of sp³-hybridized carbons (Fsp3) is 0.500. The third-order valence-corrected chi connectivity index (χ3v) is 5.50. The number of rotatable bonds is 6. The minimum Gasteiger partial charge on any atom is -0.481 e. The number of carboxylic acid groups (broad SMARTS) is 1. The van der Waals surface area contributed by atoms with E-state index in [1.54, 1.807) is 46.4 Å². The first-order chi connectivity index (χ1) is 13.3. The molecular formula is C20H26N4O4. The molecular weight excluding hydrogens is 360 g/mol. The predicted octanol–water partition coefficient (Wildman–Crippen LogP) is 1.98. The van der Waals surface area contributed by atoms with E-state index in [9.17, 15) is 19.8 Å². The number of likely N-dealkylation sites (tertiary alicyclic amines) is 1. The van der Waals surface area contributed by atoms with Crippen LogP contribution in [-0.4, -0.2) is 60.9 Å². The van der Waals surface area contributed by atoms with E-state index in [2.05, 4.69) is 10.2 Å². The van der Waals surface area contributed by atoms with Gasteiger partial charge in [0.25, 0.3) is 5.91 Å². The Hall–Kier alpha value is -2.74. The summed E-state index contributed by atoms with van der Waals surface area (Å²) >= 11 is 0. The molecule has 0 radical (unpaired) electrons. The second kappa shape index (κ2) is 8.10. The first kappa shape index (κ1) is 20.0. The second-order valence-corrected chi connectivity index (χ2v) is 7.84. The van der Waals surface area contributed by atoms with Gasteiger partial charge in [-0.15, -0.1) is 10.2 Å². The smallest absolute Gasteiger partial charge is 0.314 e. The molecule has 0 aliphatic carbocycles. The van der Waals surface area contributed by atoms with Gasteiger partial charge in [0.1, 0.15) is 18.1 Å². The first-order valence-corrected chi connectivity index (χ1v) is 9.49. The number of amides is 1. The highest BCUT2D eigenvalue weighted by Crippen LogP contribution is 2.37. The van der Waals surface area contributed by atoms with E-state index in [1.165, 1.54) is 0 Å². The van der Waals surface area contributed by atoms with Gasteiger partial charge in [0, 0.05) is 24.3 Å². The summed E-state index contributed by atoms with van der Waals surface area (Å²) in [6.45, 7) is 4.39. The highest BCUT2D eigenvalue weighted by atomic mass is 16.4. The van der Waals surface area contributed by atoms with Gasteiger partial charge in [-0.2, -0.15) is 0 Å². The molecule has 2 heterocycles. The largest absolute Gasteiger partial charge is 0.481 e. The number of hydrogen-bond donors (Lipinski definition) is 2. The molecule has 1 saturated heterocycles. The second-order valence-electron chi connectivity index (χ2n) is 7.84. The van der Waals surface area contributed by atoms with Crippen LogP contribution in [0.5, 0.6) is 0 Å². The van der Waals surface area contributed by atoms with Crippen LogP contribution in [0.4, 0.5) is 0 Å². The fourth-order valence-electron chi connectivity index (χ4n) is 3.65. The van der Waals surface area contributed by atoms with Crippen molar-refractivity contribution in [3.05, 3.63) is 42.5 Å². The van der Waals surface area contributed by atoms with Gasteiger partial charge in [-0.25, -0.2) is 0 Å². The van der Waals surface area contributed by atoms with Crippen molar-refractivity contribution in [2.75, 3.05) is 13.1 Å². The van der Waals surface area contributed by atoms with E-state index in [4.69, 9.17) is 0 Å². The number of piperidine rings is 1. The van der Waals surface area contributed by atoms with E-state index in [0.717, 1.165) is 5.69 Å². The zero-order valence-corrected chi connectivity index (χ0v) is 16.2. The number of aromatic nitrogens is 3. The molecule has 1 fully saturated rings. The summed E-state index contributed by atoms with van der Waals surface area (Å²) in [6, 6.07) is 7.00. The molecule has 3 rings (SSSR count). The number of aliphatic hydroxyl groups is 1. The molecule has 1 aromatic carbocycles. The Labute approximate surface area is 163 Å². The van der Waals surface area contributed by atoms with Crippen LogP contribution in [-0.2, 0) is 4.79 Å². The van der Waals surface area contributed by atoms with Crippen molar-refractivity contribution in [1.82, 2.24) is 19.7 Å². The van der Waals surface area contributed by atoms with E-state index in [-0.39, 0.29) is 18.9 Å². The molecule has 1 amide bonds. The molecule has 2 atom stereocenters. The van der Waals surface area contributed by atoms with Crippen molar-refractivity contribution < 1.29 is 19.8 Å². The van der Waals surface area contributed by atoms with Crippen LogP contribution in [0, 0.1) is 11.3 Å². The van der Waals surface area contributed by atoms with Gasteiger partial charge >= 0.3 is 5.97 Å². The monoisotopic (exact) mass is 386 g/mol. The number of aliphatic carboxylic acids is 1. The number of nitrogens with zero attached hydrogens (tertiary/aromatic N) is 4. The maximum absolute atomic E-state index is 13.0. The van der Waals surface area contributed by atoms with E-state index in [1.807, 2.05) is 13.8 Å². The van der Waals surface area contributed by atoms with Gasteiger partial charge in [-0.05, 0) is 49.4 Å². The Bertz CT molecular complexity index is 819. The minimum absolute atomic E-state index is 0.0161. The van der Waals surface area contributed by atoms with Gasteiger partial charge in [0.2, 0.25) is 0 Å². The maximum atomic E-state index is 13.0. The number of aliphatic hydroxyl groups excluding tert-OH is 1. The summed E-state index contributed by atoms with van der Waals surface area (Å²) in [7, 11) is 0. The molecule has 2 N–H and O–H groups in total. The molecule has 0 saturated carbocycles. The summed E-state index contributed by atoms with van der Waals surface area (Å²) in [5.41, 5.74) is -0.00978. The predicted molar refractivity (Wildman–Crippen MR) is 102 cm³/mol. The highest BCUT2D eigenvalue weighted by molar-refractivity contribution is 5.95. The Morgan fingerprint density at radius 2 is 1.86 bits per heavy atom. The van der Waals surface area contributed by atoms with Gasteiger partial charge < -0.3 is 15.1 Å². The van der Waals surface area contributed by atoms with Crippen molar-refractivity contribution in [2.45, 2.75) is 39.2 Å². The van der Waals surface area contributed by atoms with Crippen LogP contribution in [0.2, 0.25) is 0 Å². The van der Waals surface area contributed by atoms with Crippen LogP contribution < -0.4 is 0 Å². The molecule has 28 heavy (non-hydrogen) atoms. The Morgan fingerprint density at radius 3 is 2.43 bits per heavy atom. The standard InChI is InChI=1S/C20H26N4O4/c1-14(2)7-9-20(19(27)28)11-23(10-8-17(20)25)18(26)15-3-5-16(6-4-15)24-12-21-22-13-24/h3-6,12-14,17,25H,7-11H2,1-2H3,(H,27,28)/t17-,20+/m0/s1. The summed E-state index contributed by atoms with van der Waals surface area (Å²) in [5.74, 6) is -0.946. The lowest BCUT2D eigenvalue weighted by Gasteiger charge is -2.43. The first-order valence-electron chi connectivity index (χ1n) is 9.49. The van der Waals surface area contributed by atoms with Gasteiger partial charge in [-0.1, -0.05) is 13.8 Å². The number of carboxylic acids is 1. The fourth-order valence-corrected chi connectivity index (χ4v) is 3.65. The van der Waals surface area contributed by atoms with Gasteiger partial charge in [0.15, 0.2) is 0 Å². The van der Waals surface area contributed by atoms with Gasteiger partial charge in [-0.3, -0.25) is 14.2 Å². The quantitative estimate of drug-likeness (QED) is 0.786. The van der Waals surface area contributed by atoms with Crippen LogP contribution in [0.25, 0.3) is 5.69 Å². The number of carbonyl (C=O) groups is 2. The lowest BCUT2D eigenvalue weighted by Crippen LogP contribution is -2.57. The van der Waals surface area contributed by atoms with Crippen molar-refractivity contribution in [3.8, 4) is 5.69 Å². The Balaban J connectivity index is 1.78. The normalized spacial score (nSPS) is 22.4. The number of hydrogen-bond acceptors (Lipinski definition) is 5. The third kappa shape index (κ3) is 3.91. The molecule has 8 nitrogen and oxygen atoms in total. The Morgan fingerprint density at radius 1 is 1.21 bits per heavy atom. The third-order valence-electron chi connectivity index (χ3n) is 5.50. The van der Waals surface area contributed by atoms with E-state index >= 15 is 0 Å².